The highest BCUT2D eigenvalue weighted by molar-refractivity contribution is 6.46. The summed E-state index contributed by atoms with van der Waals surface area (Å²) in [7, 11) is 0. The second-order valence-corrected chi connectivity index (χ2v) is 6.67. The Hall–Kier alpha value is -3.21. The molecule has 0 saturated heterocycles. The molecule has 138 valence electrons. The largest absolute Gasteiger partial charge is 0.317 e. The van der Waals surface area contributed by atoms with Gasteiger partial charge in [-0.3, -0.25) is 9.59 Å². The molecule has 1 heterocycles. The second-order valence-electron chi connectivity index (χ2n) is 6.67. The first kappa shape index (κ1) is 18.6. The van der Waals surface area contributed by atoms with E-state index in [0.717, 1.165) is 22.5 Å². The lowest BCUT2D eigenvalue weighted by molar-refractivity contribution is -0.112. The van der Waals surface area contributed by atoms with Crippen molar-refractivity contribution in [3.63, 3.8) is 0 Å². The van der Waals surface area contributed by atoms with Crippen LogP contribution in [-0.2, 0) is 4.79 Å². The van der Waals surface area contributed by atoms with Crippen LogP contribution in [0, 0.1) is 33.5 Å². The van der Waals surface area contributed by atoms with Gasteiger partial charge in [0.15, 0.2) is 0 Å². The van der Waals surface area contributed by atoms with E-state index in [0.29, 0.717) is 11.3 Å². The van der Waals surface area contributed by atoms with Crippen LogP contribution in [0.4, 0.5) is 10.1 Å². The Balaban J connectivity index is 1.95. The van der Waals surface area contributed by atoms with Crippen molar-refractivity contribution >= 4 is 17.4 Å². The van der Waals surface area contributed by atoms with Crippen LogP contribution in [0.15, 0.2) is 48.5 Å². The lowest BCUT2D eigenvalue weighted by Crippen LogP contribution is -2.23. The summed E-state index contributed by atoms with van der Waals surface area (Å²) in [6.45, 7) is 7.72. The van der Waals surface area contributed by atoms with Gasteiger partial charge in [0.2, 0.25) is 0 Å². The maximum atomic E-state index is 13.7. The van der Waals surface area contributed by atoms with E-state index in [1.165, 1.54) is 18.2 Å². The topological polar surface area (TPSA) is 51.1 Å². The van der Waals surface area contributed by atoms with Gasteiger partial charge in [-0.05, 0) is 57.5 Å². The Bertz CT molecular complexity index is 1050. The van der Waals surface area contributed by atoms with Gasteiger partial charge in [-0.15, -0.1) is 0 Å². The number of aryl methyl sites for hydroxylation is 3. The minimum absolute atomic E-state index is 0.0148. The van der Waals surface area contributed by atoms with Crippen LogP contribution in [0.5, 0.6) is 0 Å². The normalized spacial score (nSPS) is 10.7. The summed E-state index contributed by atoms with van der Waals surface area (Å²) in [5, 5.41) is 2.35. The van der Waals surface area contributed by atoms with Crippen LogP contribution in [0.25, 0.3) is 5.69 Å². The van der Waals surface area contributed by atoms with E-state index in [2.05, 4.69) is 11.4 Å². The zero-order valence-electron chi connectivity index (χ0n) is 15.8. The fourth-order valence-corrected chi connectivity index (χ4v) is 3.28. The Labute approximate surface area is 157 Å². The summed E-state index contributed by atoms with van der Waals surface area (Å²) in [5.41, 5.74) is 5.00. The fourth-order valence-electron chi connectivity index (χ4n) is 3.28. The third-order valence-corrected chi connectivity index (χ3v) is 4.60. The molecule has 0 bridgehead atoms. The van der Waals surface area contributed by atoms with Crippen molar-refractivity contribution in [2.24, 2.45) is 0 Å². The highest BCUT2D eigenvalue weighted by Crippen LogP contribution is 2.25. The first-order valence-electron chi connectivity index (χ1n) is 8.66. The van der Waals surface area contributed by atoms with Crippen molar-refractivity contribution in [1.82, 2.24) is 4.57 Å². The molecule has 0 unspecified atom stereocenters. The molecular formula is C22H21FN2O2. The predicted molar refractivity (Wildman–Crippen MR) is 104 cm³/mol. The second kappa shape index (κ2) is 7.19. The number of anilines is 1. The molecule has 0 aliphatic rings. The molecule has 1 aromatic heterocycles. The summed E-state index contributed by atoms with van der Waals surface area (Å²) in [4.78, 5) is 25.0. The number of nitrogens with zero attached hydrogens (tertiary/aromatic N) is 1. The Morgan fingerprint density at radius 1 is 0.963 bits per heavy atom. The highest BCUT2D eigenvalue weighted by atomic mass is 19.1. The number of Topliss-reactive ketones (excluding diaryl/α,β-unsaturated/α-hetero) is 1. The van der Waals surface area contributed by atoms with Gasteiger partial charge >= 0.3 is 0 Å². The van der Waals surface area contributed by atoms with E-state index in [-0.39, 0.29) is 5.69 Å². The number of carbonyl (C=O) groups excluding carboxylic acids is 2. The van der Waals surface area contributed by atoms with E-state index < -0.39 is 17.5 Å². The van der Waals surface area contributed by atoms with E-state index in [4.69, 9.17) is 0 Å². The molecule has 27 heavy (non-hydrogen) atoms. The number of halogens is 1. The molecule has 0 radical (unpaired) electrons. The molecule has 0 aliphatic carbocycles. The van der Waals surface area contributed by atoms with Gasteiger partial charge in [0.25, 0.3) is 11.7 Å². The van der Waals surface area contributed by atoms with Crippen LogP contribution < -0.4 is 5.32 Å². The van der Waals surface area contributed by atoms with E-state index in [9.17, 15) is 14.0 Å². The van der Waals surface area contributed by atoms with Gasteiger partial charge in [-0.25, -0.2) is 4.39 Å². The molecule has 2 aromatic carbocycles. The van der Waals surface area contributed by atoms with Crippen LogP contribution >= 0.6 is 0 Å². The number of carbonyl (C=O) groups is 2. The molecule has 0 aliphatic heterocycles. The molecular weight excluding hydrogens is 343 g/mol. The van der Waals surface area contributed by atoms with Gasteiger partial charge in [0.1, 0.15) is 5.82 Å². The molecule has 1 N–H and O–H groups in total. The number of para-hydroxylation sites is 1. The highest BCUT2D eigenvalue weighted by Gasteiger charge is 2.23. The van der Waals surface area contributed by atoms with Gasteiger partial charge < -0.3 is 9.88 Å². The molecule has 3 rings (SSSR count). The molecule has 0 fully saturated rings. The van der Waals surface area contributed by atoms with Gasteiger partial charge in [-0.2, -0.15) is 0 Å². The first-order valence-corrected chi connectivity index (χ1v) is 8.66. The zero-order valence-corrected chi connectivity index (χ0v) is 15.8. The van der Waals surface area contributed by atoms with Crippen molar-refractivity contribution in [2.45, 2.75) is 27.7 Å². The minimum Gasteiger partial charge on any atom is -0.317 e. The molecule has 3 aromatic rings. The maximum Gasteiger partial charge on any atom is 0.296 e. The van der Waals surface area contributed by atoms with Gasteiger partial charge in [-0.1, -0.05) is 29.8 Å². The number of rotatable bonds is 4. The monoisotopic (exact) mass is 364 g/mol. The Kier molecular flexibility index (Phi) is 4.95. The van der Waals surface area contributed by atoms with E-state index >= 15 is 0 Å². The lowest BCUT2D eigenvalue weighted by Gasteiger charge is -2.13. The average molecular weight is 364 g/mol. The van der Waals surface area contributed by atoms with Crippen molar-refractivity contribution in [1.29, 1.82) is 0 Å². The zero-order chi connectivity index (χ0) is 19.7. The molecule has 5 heteroatoms. The number of nitrogens with one attached hydrogen (secondary N) is 1. The Morgan fingerprint density at radius 2 is 1.67 bits per heavy atom. The summed E-state index contributed by atoms with van der Waals surface area (Å²) in [6.07, 6.45) is 0. The van der Waals surface area contributed by atoms with Crippen molar-refractivity contribution in [3.05, 3.63) is 82.4 Å². The van der Waals surface area contributed by atoms with Gasteiger partial charge in [0.05, 0.1) is 5.69 Å². The SMILES string of the molecule is Cc1ccc(-n2c(C)cc(C(=O)C(=O)Nc3ccccc3F)c2C)c(C)c1. The van der Waals surface area contributed by atoms with E-state index in [1.54, 1.807) is 19.1 Å². The number of ketones is 1. The maximum absolute atomic E-state index is 13.7. The van der Waals surface area contributed by atoms with Crippen molar-refractivity contribution in [3.8, 4) is 5.69 Å². The van der Waals surface area contributed by atoms with Crippen LogP contribution in [0.1, 0.15) is 32.9 Å². The summed E-state index contributed by atoms with van der Waals surface area (Å²) < 4.78 is 15.7. The number of aromatic nitrogens is 1. The smallest absolute Gasteiger partial charge is 0.296 e. The quantitative estimate of drug-likeness (QED) is 0.540. The lowest BCUT2D eigenvalue weighted by atomic mass is 10.1. The molecule has 4 nitrogen and oxygen atoms in total. The first-order chi connectivity index (χ1) is 12.8. The van der Waals surface area contributed by atoms with Crippen molar-refractivity contribution < 1.29 is 14.0 Å². The van der Waals surface area contributed by atoms with E-state index in [1.807, 2.05) is 37.5 Å². The number of benzene rings is 2. The van der Waals surface area contributed by atoms with Crippen LogP contribution in [0.3, 0.4) is 0 Å². The average Bonchev–Trinajstić information content (AvgIpc) is 2.91. The number of amides is 1. The summed E-state index contributed by atoms with van der Waals surface area (Å²) in [6, 6.07) is 13.5. The Morgan fingerprint density at radius 3 is 2.33 bits per heavy atom. The third kappa shape index (κ3) is 3.53. The minimum atomic E-state index is -0.860. The standard InChI is InChI=1S/C22H21FN2O2/c1-13-9-10-20(14(2)11-13)25-15(3)12-17(16(25)4)21(26)22(27)24-19-8-6-5-7-18(19)23/h5-12H,1-4H3,(H,24,27). The molecule has 0 atom stereocenters. The third-order valence-electron chi connectivity index (χ3n) is 4.60. The van der Waals surface area contributed by atoms with Gasteiger partial charge in [0, 0.05) is 22.6 Å². The number of hydrogen-bond acceptors (Lipinski definition) is 2. The van der Waals surface area contributed by atoms with Crippen LogP contribution in [-0.4, -0.2) is 16.3 Å². The van der Waals surface area contributed by atoms with Crippen molar-refractivity contribution in [2.75, 3.05) is 5.32 Å². The summed E-state index contributed by atoms with van der Waals surface area (Å²) in [5.74, 6) is -2.14. The molecule has 0 spiro atoms. The molecule has 1 amide bonds. The number of hydrogen-bond donors (Lipinski definition) is 1. The summed E-state index contributed by atoms with van der Waals surface area (Å²) >= 11 is 0. The van der Waals surface area contributed by atoms with Crippen LogP contribution in [0.2, 0.25) is 0 Å². The predicted octanol–water partition coefficient (Wildman–Crippen LogP) is 4.67. The fraction of sp³-hybridized carbons (Fsp3) is 0.182. The molecule has 0 saturated carbocycles.